The molecule has 2 bridgehead atoms. The second kappa shape index (κ2) is 12.5. The summed E-state index contributed by atoms with van der Waals surface area (Å²) < 4.78 is 49.8. The van der Waals surface area contributed by atoms with E-state index in [0.29, 0.717) is 28.0 Å². The summed E-state index contributed by atoms with van der Waals surface area (Å²) in [6.07, 6.45) is 3.01. The molecule has 3 N–H and O–H groups in total. The van der Waals surface area contributed by atoms with Gasteiger partial charge in [-0.1, -0.05) is 6.07 Å². The average molecular weight is 649 g/mol. The van der Waals surface area contributed by atoms with Crippen molar-refractivity contribution in [2.45, 2.75) is 29.8 Å². The maximum Gasteiger partial charge on any atom is 0.251 e. The van der Waals surface area contributed by atoms with Crippen molar-refractivity contribution in [3.05, 3.63) is 53.3 Å². The summed E-state index contributed by atoms with van der Waals surface area (Å²) >= 11 is 0.982. The molecule has 1 unspecified atom stereocenters. The number of nitrogens with zero attached hydrogens (tertiary/aromatic N) is 4. The number of pyridine rings is 1. The van der Waals surface area contributed by atoms with E-state index in [1.807, 2.05) is 4.72 Å². The van der Waals surface area contributed by atoms with Crippen molar-refractivity contribution in [3.8, 4) is 11.8 Å². The first kappa shape index (κ1) is 32.0. The van der Waals surface area contributed by atoms with Crippen LogP contribution in [-0.2, 0) is 14.6 Å². The molecule has 3 saturated heterocycles. The smallest absolute Gasteiger partial charge is 0.251 e. The minimum Gasteiger partial charge on any atom is -0.809 e. The highest BCUT2D eigenvalue weighted by atomic mass is 32.2. The number of hydrogen-bond donors (Lipinski definition) is 2. The molecule has 15 heteroatoms. The van der Waals surface area contributed by atoms with E-state index in [1.54, 1.807) is 31.2 Å². The standard InChI is InChI=1S/C28H37N6O6PS2/c1-21-25-18-24(40-17-3-10-34-14-11-33(12-15-34,13-16-34)9-2-8-29)6-7-26(25)42-28(21)43(38,39)32-27(41(35,36)37)22-4-5-23(19-30)31-20-22/h4-7,18,20,27,32H,2-3,8-17,29H2,1H3. The first-order valence-electron chi connectivity index (χ1n) is 14.4. The molecule has 43 heavy (non-hydrogen) atoms. The number of rotatable bonds is 13. The summed E-state index contributed by atoms with van der Waals surface area (Å²) in [5.74, 6) is -1.45. The number of hydrogen-bond acceptors (Lipinski definition) is 10. The number of nitrogens with one attached hydrogen (secondary N) is 1. The Morgan fingerprint density at radius 3 is 2.33 bits per heavy atom. The molecule has 3 aliphatic rings. The van der Waals surface area contributed by atoms with Crippen molar-refractivity contribution in [2.24, 2.45) is 5.73 Å². The predicted molar refractivity (Wildman–Crippen MR) is 159 cm³/mol. The van der Waals surface area contributed by atoms with E-state index >= 15 is 0 Å². The van der Waals surface area contributed by atoms with Crippen molar-refractivity contribution in [1.29, 1.82) is 5.26 Å². The highest BCUT2D eigenvalue weighted by Crippen LogP contribution is 2.44. The first-order chi connectivity index (χ1) is 20.4. The van der Waals surface area contributed by atoms with Gasteiger partial charge in [0.05, 0.1) is 25.5 Å². The lowest BCUT2D eigenvalue weighted by Gasteiger charge is -2.55. The number of thiophene rings is 1. The number of ether oxygens (including phenoxy) is 1. The third kappa shape index (κ3) is 6.96. The predicted octanol–water partition coefficient (Wildman–Crippen LogP) is 1.15. The number of nitrogens with two attached hydrogens (primary N) is 1. The molecule has 3 aromatic rings. The van der Waals surface area contributed by atoms with Gasteiger partial charge in [-0.2, -0.15) is 9.98 Å². The average Bonchev–Trinajstić information content (AvgIpc) is 3.34. The molecule has 232 valence electrons. The maximum atomic E-state index is 13.3. The van der Waals surface area contributed by atoms with Gasteiger partial charge in [-0.15, -0.1) is 11.3 Å². The molecule has 0 aliphatic carbocycles. The van der Waals surface area contributed by atoms with Crippen molar-refractivity contribution >= 4 is 39.0 Å². The molecule has 12 nitrogen and oxygen atoms in total. The fraction of sp³-hybridized carbons (Fsp3) is 0.500. The van der Waals surface area contributed by atoms with E-state index in [9.17, 15) is 22.8 Å². The highest BCUT2D eigenvalue weighted by molar-refractivity contribution is 7.92. The molecule has 3 fully saturated rings. The van der Waals surface area contributed by atoms with Gasteiger partial charge in [0, 0.05) is 29.1 Å². The Labute approximate surface area is 256 Å². The van der Waals surface area contributed by atoms with Crippen LogP contribution in [0.3, 0.4) is 0 Å². The monoisotopic (exact) mass is 648 g/mol. The lowest BCUT2D eigenvalue weighted by Crippen LogP contribution is -2.75. The van der Waals surface area contributed by atoms with Gasteiger partial charge < -0.3 is 33.8 Å². The van der Waals surface area contributed by atoms with Crippen LogP contribution in [0.2, 0.25) is 0 Å². The van der Waals surface area contributed by atoms with Crippen molar-refractivity contribution in [2.75, 3.05) is 65.5 Å². The molecule has 0 spiro atoms. The second-order valence-corrected chi connectivity index (χ2v) is 16.2. The van der Waals surface area contributed by atoms with Crippen LogP contribution in [-0.4, -0.2) is 87.9 Å². The lowest BCUT2D eigenvalue weighted by molar-refractivity contribution is -1.08. The van der Waals surface area contributed by atoms with Gasteiger partial charge >= 0.3 is 0 Å². The van der Waals surface area contributed by atoms with Gasteiger partial charge in [0.25, 0.3) is 10.0 Å². The quantitative estimate of drug-likeness (QED) is 0.156. The zero-order valence-electron chi connectivity index (χ0n) is 24.1. The molecule has 1 aromatic carbocycles. The molecular weight excluding hydrogens is 611 g/mol. The summed E-state index contributed by atoms with van der Waals surface area (Å²) in [7, 11) is -9.88. The van der Waals surface area contributed by atoms with Crippen LogP contribution in [0.25, 0.3) is 10.1 Å². The molecule has 0 amide bonds. The SMILES string of the molecule is Cc1c(S(=O)(=O)NC(c2ccc(C#N)nc2)P(=O)([O-])[O-])sc2ccc(OCCC[N+]34CC[N+](CCCN)(CC3)CC4)cc12. The third-order valence-corrected chi connectivity index (χ3v) is 13.5. The van der Waals surface area contributed by atoms with Gasteiger partial charge in [-0.3, -0.25) is 0 Å². The van der Waals surface area contributed by atoms with Crippen LogP contribution >= 0.6 is 18.9 Å². The van der Waals surface area contributed by atoms with Crippen LogP contribution in [0.1, 0.15) is 35.4 Å². The Kier molecular flexibility index (Phi) is 9.30. The van der Waals surface area contributed by atoms with E-state index in [2.05, 4.69) is 4.98 Å². The van der Waals surface area contributed by atoms with Crippen LogP contribution in [0.5, 0.6) is 5.75 Å². The number of quaternary nitrogens is 2. The lowest BCUT2D eigenvalue weighted by atomic mass is 10.1. The summed E-state index contributed by atoms with van der Waals surface area (Å²) in [5.41, 5.74) is 6.01. The van der Waals surface area contributed by atoms with Gasteiger partial charge in [-0.25, -0.2) is 13.4 Å². The van der Waals surface area contributed by atoms with Gasteiger partial charge in [-0.05, 0) is 56.5 Å². The summed E-state index contributed by atoms with van der Waals surface area (Å²) in [4.78, 5) is 27.9. The number of aromatic nitrogens is 1. The second-order valence-electron chi connectivity index (χ2n) is 11.6. The fourth-order valence-corrected chi connectivity index (χ4v) is 10.6. The van der Waals surface area contributed by atoms with E-state index in [-0.39, 0.29) is 15.5 Å². The van der Waals surface area contributed by atoms with Crippen LogP contribution in [0.15, 0.2) is 40.7 Å². The van der Waals surface area contributed by atoms with Gasteiger partial charge in [0.2, 0.25) is 0 Å². The molecule has 1 atom stereocenters. The van der Waals surface area contributed by atoms with Gasteiger partial charge in [0.1, 0.15) is 61.0 Å². The minimum absolute atomic E-state index is 0.00141. The molecule has 5 heterocycles. The Hall–Kier alpha value is -2.44. The van der Waals surface area contributed by atoms with Crippen LogP contribution < -0.4 is 25.0 Å². The topological polar surface area (TPSA) is 181 Å². The summed E-state index contributed by atoms with van der Waals surface area (Å²) in [6.45, 7) is 12.5. The van der Waals surface area contributed by atoms with E-state index in [4.69, 9.17) is 15.7 Å². The summed E-state index contributed by atoms with van der Waals surface area (Å²) in [6, 6.07) is 9.58. The van der Waals surface area contributed by atoms with Crippen molar-refractivity contribution < 1.29 is 36.5 Å². The number of aryl methyl sites for hydroxylation is 1. The third-order valence-electron chi connectivity index (χ3n) is 8.94. The van der Waals surface area contributed by atoms with E-state index < -0.39 is 23.4 Å². The Balaban J connectivity index is 1.23. The Morgan fingerprint density at radius 2 is 1.77 bits per heavy atom. The number of benzene rings is 1. The molecular formula is C28H37N6O6PS2. The van der Waals surface area contributed by atoms with Crippen molar-refractivity contribution in [3.63, 3.8) is 0 Å². The number of sulfonamides is 1. The molecule has 3 aliphatic heterocycles. The number of piperazine rings is 3. The van der Waals surface area contributed by atoms with Crippen LogP contribution in [0.4, 0.5) is 0 Å². The normalized spacial score (nSPS) is 22.9. The zero-order chi connectivity index (χ0) is 30.9. The van der Waals surface area contributed by atoms with Gasteiger partial charge in [0.15, 0.2) is 0 Å². The number of nitriles is 1. The highest BCUT2D eigenvalue weighted by Gasteiger charge is 2.48. The van der Waals surface area contributed by atoms with Crippen molar-refractivity contribution in [1.82, 2.24) is 9.71 Å². The molecule has 2 aromatic heterocycles. The molecule has 0 radical (unpaired) electrons. The number of fused-ring (bicyclic) bond motifs is 4. The minimum atomic E-state index is -5.47. The van der Waals surface area contributed by atoms with E-state index in [0.717, 1.165) is 47.9 Å². The Morgan fingerprint density at radius 1 is 1.12 bits per heavy atom. The first-order valence-corrected chi connectivity index (χ1v) is 18.3. The molecule has 0 saturated carbocycles. The zero-order valence-corrected chi connectivity index (χ0v) is 26.6. The molecule has 6 rings (SSSR count). The fourth-order valence-electron chi connectivity index (χ4n) is 6.30. The largest absolute Gasteiger partial charge is 0.809 e. The van der Waals surface area contributed by atoms with Crippen LogP contribution in [0, 0.1) is 18.3 Å². The van der Waals surface area contributed by atoms with E-state index in [1.165, 1.54) is 62.4 Å². The maximum absolute atomic E-state index is 13.3. The summed E-state index contributed by atoms with van der Waals surface area (Å²) in [5, 5.41) is 9.61. The Bertz CT molecular complexity index is 1640.